The number of rotatable bonds is 8. The second kappa shape index (κ2) is 9.77. The molecule has 32 heavy (non-hydrogen) atoms. The molecule has 7 nitrogen and oxygen atoms in total. The molecule has 0 bridgehead atoms. The van der Waals surface area contributed by atoms with Crippen molar-refractivity contribution in [1.82, 2.24) is 10.2 Å². The Balaban J connectivity index is 1.72. The third-order valence-corrected chi connectivity index (χ3v) is 5.89. The van der Waals surface area contributed by atoms with Crippen LogP contribution in [0.3, 0.4) is 0 Å². The highest BCUT2D eigenvalue weighted by Crippen LogP contribution is 2.29. The monoisotopic (exact) mass is 435 g/mol. The van der Waals surface area contributed by atoms with E-state index < -0.39 is 6.04 Å². The molecule has 1 atom stereocenters. The first-order valence-corrected chi connectivity index (χ1v) is 11.0. The van der Waals surface area contributed by atoms with Crippen LogP contribution < -0.4 is 10.2 Å². The topological polar surface area (TPSA) is 78.9 Å². The van der Waals surface area contributed by atoms with E-state index in [0.29, 0.717) is 5.76 Å². The van der Waals surface area contributed by atoms with Gasteiger partial charge in [-0.05, 0) is 54.8 Å². The van der Waals surface area contributed by atoms with E-state index in [9.17, 15) is 9.59 Å². The van der Waals surface area contributed by atoms with Gasteiger partial charge in [0, 0.05) is 25.8 Å². The van der Waals surface area contributed by atoms with E-state index >= 15 is 0 Å². The van der Waals surface area contributed by atoms with Crippen LogP contribution in [0.5, 0.6) is 0 Å². The van der Waals surface area contributed by atoms with Crippen molar-refractivity contribution >= 4 is 17.5 Å². The number of carbonyl (C=O) groups is 2. The molecule has 1 N–H and O–H groups in total. The van der Waals surface area contributed by atoms with E-state index in [-0.39, 0.29) is 30.2 Å². The molecule has 1 aliphatic rings. The largest absolute Gasteiger partial charge is 0.467 e. The lowest BCUT2D eigenvalue weighted by atomic mass is 10.0. The lowest BCUT2D eigenvalue weighted by Crippen LogP contribution is -2.45. The fourth-order valence-electron chi connectivity index (χ4n) is 4.17. The zero-order valence-electron chi connectivity index (χ0n) is 18.5. The van der Waals surface area contributed by atoms with E-state index in [2.05, 4.69) is 5.32 Å². The Morgan fingerprint density at radius 1 is 1.00 bits per heavy atom. The van der Waals surface area contributed by atoms with Crippen LogP contribution in [0.4, 0.5) is 5.69 Å². The highest BCUT2D eigenvalue weighted by Gasteiger charge is 2.35. The van der Waals surface area contributed by atoms with E-state index in [1.807, 2.05) is 43.3 Å². The fraction of sp³-hybridized carbons (Fsp3) is 0.360. The average molecular weight is 436 g/mol. The highest BCUT2D eigenvalue weighted by atomic mass is 16.3. The smallest absolute Gasteiger partial charge is 0.290 e. The van der Waals surface area contributed by atoms with Crippen molar-refractivity contribution in [2.24, 2.45) is 0 Å². The summed E-state index contributed by atoms with van der Waals surface area (Å²) in [5.41, 5.74) is 1.75. The highest BCUT2D eigenvalue weighted by molar-refractivity contribution is 5.96. The summed E-state index contributed by atoms with van der Waals surface area (Å²) < 4.78 is 10.9. The van der Waals surface area contributed by atoms with Crippen LogP contribution in [0.2, 0.25) is 0 Å². The number of hydrogen-bond donors (Lipinski definition) is 1. The number of nitrogens with zero attached hydrogens (tertiary/aromatic N) is 2. The Kier molecular flexibility index (Phi) is 6.63. The van der Waals surface area contributed by atoms with Gasteiger partial charge in [-0.25, -0.2) is 0 Å². The second-order valence-electron chi connectivity index (χ2n) is 8.37. The normalized spacial score (nSPS) is 14.8. The molecule has 2 heterocycles. The molecule has 1 aliphatic carbocycles. The Morgan fingerprint density at radius 2 is 1.69 bits per heavy atom. The number of furan rings is 2. The van der Waals surface area contributed by atoms with Crippen LogP contribution >= 0.6 is 0 Å². The minimum absolute atomic E-state index is 0.134. The van der Waals surface area contributed by atoms with Crippen molar-refractivity contribution in [3.05, 3.63) is 78.1 Å². The minimum atomic E-state index is -0.825. The SMILES string of the molecule is CN(C)c1ccc([C@@H](C(=O)NC2CCCC2)N(Cc2ccco2)C(=O)c2ccco2)cc1. The Bertz CT molecular complexity index is 1000. The second-order valence-corrected chi connectivity index (χ2v) is 8.37. The van der Waals surface area contributed by atoms with Crippen molar-refractivity contribution in [2.45, 2.75) is 44.3 Å². The van der Waals surface area contributed by atoms with Gasteiger partial charge in [-0.1, -0.05) is 25.0 Å². The molecule has 0 radical (unpaired) electrons. The van der Waals surface area contributed by atoms with Crippen molar-refractivity contribution in [1.29, 1.82) is 0 Å². The van der Waals surface area contributed by atoms with Gasteiger partial charge >= 0.3 is 0 Å². The fourth-order valence-corrected chi connectivity index (χ4v) is 4.17. The third kappa shape index (κ3) is 4.88. The van der Waals surface area contributed by atoms with Gasteiger partial charge in [-0.15, -0.1) is 0 Å². The van der Waals surface area contributed by atoms with Crippen LogP contribution in [-0.2, 0) is 11.3 Å². The maximum Gasteiger partial charge on any atom is 0.290 e. The molecular weight excluding hydrogens is 406 g/mol. The molecule has 0 aliphatic heterocycles. The van der Waals surface area contributed by atoms with Crippen molar-refractivity contribution in [2.75, 3.05) is 19.0 Å². The summed E-state index contributed by atoms with van der Waals surface area (Å²) >= 11 is 0. The summed E-state index contributed by atoms with van der Waals surface area (Å²) in [5.74, 6) is 0.212. The lowest BCUT2D eigenvalue weighted by Gasteiger charge is -2.31. The van der Waals surface area contributed by atoms with Crippen LogP contribution in [0.15, 0.2) is 69.9 Å². The summed E-state index contributed by atoms with van der Waals surface area (Å²) in [4.78, 5) is 30.6. The summed E-state index contributed by atoms with van der Waals surface area (Å²) in [7, 11) is 3.92. The summed E-state index contributed by atoms with van der Waals surface area (Å²) in [6.07, 6.45) is 7.15. The van der Waals surface area contributed by atoms with E-state index in [0.717, 1.165) is 36.9 Å². The Morgan fingerprint density at radius 3 is 2.28 bits per heavy atom. The molecule has 3 aromatic rings. The van der Waals surface area contributed by atoms with Gasteiger partial charge in [0.15, 0.2) is 5.76 Å². The standard InChI is InChI=1S/C25H29N3O4/c1-27(2)20-13-11-18(12-14-20)23(24(29)26-19-7-3-4-8-19)28(17-21-9-5-15-31-21)25(30)22-10-6-16-32-22/h5-6,9-16,19,23H,3-4,7-8,17H2,1-2H3,(H,26,29)/t23-/m0/s1. The van der Waals surface area contributed by atoms with Gasteiger partial charge in [0.25, 0.3) is 5.91 Å². The van der Waals surface area contributed by atoms with Gasteiger partial charge < -0.3 is 24.0 Å². The number of amides is 2. The number of anilines is 1. The molecule has 4 rings (SSSR count). The molecule has 7 heteroatoms. The molecule has 0 unspecified atom stereocenters. The summed E-state index contributed by atoms with van der Waals surface area (Å²) in [6.45, 7) is 0.144. The molecule has 1 aromatic carbocycles. The quantitative estimate of drug-likeness (QED) is 0.568. The molecule has 0 saturated heterocycles. The average Bonchev–Trinajstić information content (AvgIpc) is 3.56. The molecule has 0 spiro atoms. The number of nitrogens with one attached hydrogen (secondary N) is 1. The van der Waals surface area contributed by atoms with Crippen LogP contribution in [0.25, 0.3) is 0 Å². The first-order valence-electron chi connectivity index (χ1n) is 11.0. The van der Waals surface area contributed by atoms with Gasteiger partial charge in [-0.3, -0.25) is 9.59 Å². The van der Waals surface area contributed by atoms with Gasteiger partial charge in [0.1, 0.15) is 11.8 Å². The van der Waals surface area contributed by atoms with Gasteiger partial charge in [-0.2, -0.15) is 0 Å². The van der Waals surface area contributed by atoms with Gasteiger partial charge in [0.2, 0.25) is 5.91 Å². The summed E-state index contributed by atoms with van der Waals surface area (Å²) in [6, 6.07) is 13.9. The number of carbonyl (C=O) groups excluding carboxylic acids is 2. The number of hydrogen-bond acceptors (Lipinski definition) is 5. The minimum Gasteiger partial charge on any atom is -0.467 e. The Labute approximate surface area is 188 Å². The van der Waals surface area contributed by atoms with E-state index in [1.165, 1.54) is 11.2 Å². The van der Waals surface area contributed by atoms with E-state index in [4.69, 9.17) is 8.83 Å². The molecule has 1 fully saturated rings. The Hall–Kier alpha value is -3.48. The molecule has 1 saturated carbocycles. The molecular formula is C25H29N3O4. The predicted octanol–water partition coefficient (Wildman–Crippen LogP) is 4.38. The first-order chi connectivity index (χ1) is 15.5. The number of benzene rings is 1. The zero-order valence-corrected chi connectivity index (χ0v) is 18.5. The molecule has 2 aromatic heterocycles. The van der Waals surface area contributed by atoms with Crippen LogP contribution in [0, 0.1) is 0 Å². The summed E-state index contributed by atoms with van der Waals surface area (Å²) in [5, 5.41) is 3.17. The van der Waals surface area contributed by atoms with Crippen molar-refractivity contribution in [3.63, 3.8) is 0 Å². The van der Waals surface area contributed by atoms with Crippen LogP contribution in [0.1, 0.15) is 53.6 Å². The maximum absolute atomic E-state index is 13.6. The van der Waals surface area contributed by atoms with E-state index in [1.54, 1.807) is 30.5 Å². The van der Waals surface area contributed by atoms with Crippen molar-refractivity contribution < 1.29 is 18.4 Å². The molecule has 168 valence electrons. The lowest BCUT2D eigenvalue weighted by molar-refractivity contribution is -0.126. The third-order valence-electron chi connectivity index (χ3n) is 5.89. The maximum atomic E-state index is 13.6. The first kappa shape index (κ1) is 21.7. The van der Waals surface area contributed by atoms with Gasteiger partial charge in [0.05, 0.1) is 19.1 Å². The zero-order chi connectivity index (χ0) is 22.5. The van der Waals surface area contributed by atoms with Crippen LogP contribution in [-0.4, -0.2) is 36.9 Å². The van der Waals surface area contributed by atoms with Crippen molar-refractivity contribution in [3.8, 4) is 0 Å². The molecule has 2 amide bonds. The predicted molar refractivity (Wildman–Crippen MR) is 121 cm³/mol.